The summed E-state index contributed by atoms with van der Waals surface area (Å²) in [5.74, 6) is 0.412. The lowest BCUT2D eigenvalue weighted by atomic mass is 10.1. The van der Waals surface area contributed by atoms with Crippen LogP contribution in [-0.4, -0.2) is 12.6 Å². The minimum absolute atomic E-state index is 0.284. The zero-order valence-electron chi connectivity index (χ0n) is 13.5. The van der Waals surface area contributed by atoms with Gasteiger partial charge in [-0.3, -0.25) is 0 Å². The van der Waals surface area contributed by atoms with E-state index in [1.54, 1.807) is 44.2 Å². The Morgan fingerprint density at radius 3 is 2.62 bits per heavy atom. The van der Waals surface area contributed by atoms with E-state index in [-0.39, 0.29) is 5.82 Å². The molecule has 0 saturated heterocycles. The van der Waals surface area contributed by atoms with Crippen molar-refractivity contribution in [2.24, 2.45) is 0 Å². The highest BCUT2D eigenvalue weighted by atomic mass is 19.1. The molecule has 124 valence electrons. The molecule has 1 heterocycles. The topological polar surface area (TPSA) is 48.7 Å². The maximum absolute atomic E-state index is 12.9. The minimum atomic E-state index is -0.413. The van der Waals surface area contributed by atoms with E-state index in [0.29, 0.717) is 41.3 Å². The Balaban J connectivity index is 1.85. The maximum Gasteiger partial charge on any atom is 0.342 e. The first kappa shape index (κ1) is 16.1. The van der Waals surface area contributed by atoms with E-state index in [1.807, 2.05) is 0 Å². The smallest absolute Gasteiger partial charge is 0.342 e. The number of carbonyl (C=O) groups is 1. The monoisotopic (exact) mass is 328 g/mol. The molecule has 0 radical (unpaired) electrons. The van der Waals surface area contributed by atoms with E-state index in [0.717, 1.165) is 5.56 Å². The van der Waals surface area contributed by atoms with E-state index in [4.69, 9.17) is 13.9 Å². The molecule has 2 aromatic carbocycles. The Labute approximate surface area is 138 Å². The average molecular weight is 328 g/mol. The summed E-state index contributed by atoms with van der Waals surface area (Å²) in [4.78, 5) is 12.1. The molecule has 0 aliphatic heterocycles. The molecule has 4 nitrogen and oxygen atoms in total. The third-order valence-corrected chi connectivity index (χ3v) is 3.63. The van der Waals surface area contributed by atoms with Gasteiger partial charge in [0.25, 0.3) is 0 Å². The second-order valence-corrected chi connectivity index (χ2v) is 5.33. The number of furan rings is 1. The fraction of sp³-hybridized carbons (Fsp3) is 0.211. The van der Waals surface area contributed by atoms with Crippen LogP contribution in [0.25, 0.3) is 11.0 Å². The molecule has 3 aromatic rings. The van der Waals surface area contributed by atoms with E-state index in [9.17, 15) is 9.18 Å². The van der Waals surface area contributed by atoms with Gasteiger partial charge in [-0.15, -0.1) is 0 Å². The molecule has 0 N–H and O–H groups in total. The molecular weight excluding hydrogens is 311 g/mol. The van der Waals surface area contributed by atoms with Crippen LogP contribution in [0.2, 0.25) is 0 Å². The number of esters is 1. The van der Waals surface area contributed by atoms with E-state index >= 15 is 0 Å². The van der Waals surface area contributed by atoms with Crippen LogP contribution in [0.4, 0.5) is 4.39 Å². The zero-order valence-corrected chi connectivity index (χ0v) is 13.5. The lowest BCUT2D eigenvalue weighted by molar-refractivity contribution is 0.0526. The number of halogens is 1. The number of rotatable bonds is 5. The number of hydrogen-bond donors (Lipinski definition) is 0. The van der Waals surface area contributed by atoms with Crippen molar-refractivity contribution in [2.75, 3.05) is 6.61 Å². The van der Waals surface area contributed by atoms with Crippen molar-refractivity contribution in [1.82, 2.24) is 0 Å². The van der Waals surface area contributed by atoms with Gasteiger partial charge in [-0.25, -0.2) is 9.18 Å². The van der Waals surface area contributed by atoms with Crippen LogP contribution in [0.5, 0.6) is 5.75 Å². The van der Waals surface area contributed by atoms with Crippen LogP contribution in [0.15, 0.2) is 46.9 Å². The van der Waals surface area contributed by atoms with Gasteiger partial charge in [0.1, 0.15) is 35.1 Å². The van der Waals surface area contributed by atoms with Gasteiger partial charge in [0.2, 0.25) is 0 Å². The summed E-state index contributed by atoms with van der Waals surface area (Å²) < 4.78 is 29.3. The van der Waals surface area contributed by atoms with Gasteiger partial charge < -0.3 is 13.9 Å². The quantitative estimate of drug-likeness (QED) is 0.640. The Kier molecular flexibility index (Phi) is 4.51. The summed E-state index contributed by atoms with van der Waals surface area (Å²) in [6, 6.07) is 11.4. The number of ether oxygens (including phenoxy) is 2. The van der Waals surface area contributed by atoms with Crippen molar-refractivity contribution in [3.63, 3.8) is 0 Å². The first-order valence-electron chi connectivity index (χ1n) is 7.66. The predicted octanol–water partition coefficient (Wildman–Crippen LogP) is 4.64. The van der Waals surface area contributed by atoms with Crippen molar-refractivity contribution in [3.8, 4) is 5.75 Å². The van der Waals surface area contributed by atoms with Crippen LogP contribution in [0.3, 0.4) is 0 Å². The summed E-state index contributed by atoms with van der Waals surface area (Å²) >= 11 is 0. The molecule has 0 aliphatic carbocycles. The van der Waals surface area contributed by atoms with E-state index in [1.165, 1.54) is 12.1 Å². The fourth-order valence-electron chi connectivity index (χ4n) is 2.49. The Hall–Kier alpha value is -2.82. The van der Waals surface area contributed by atoms with Crippen LogP contribution >= 0.6 is 0 Å². The second kappa shape index (κ2) is 6.74. The predicted molar refractivity (Wildman–Crippen MR) is 87.6 cm³/mol. The van der Waals surface area contributed by atoms with Crippen molar-refractivity contribution >= 4 is 16.9 Å². The molecule has 0 amide bonds. The standard InChI is InChI=1S/C19H17FO4/c1-3-22-19(21)18-12(2)24-17-9-8-15(10-16(17)18)23-11-13-4-6-14(20)7-5-13/h4-10H,3,11H2,1-2H3. The minimum Gasteiger partial charge on any atom is -0.489 e. The summed E-state index contributed by atoms with van der Waals surface area (Å²) in [6.07, 6.45) is 0. The van der Waals surface area contributed by atoms with Gasteiger partial charge in [0.05, 0.1) is 6.61 Å². The van der Waals surface area contributed by atoms with E-state index < -0.39 is 5.97 Å². The molecule has 5 heteroatoms. The Bertz CT molecular complexity index is 865. The van der Waals surface area contributed by atoms with Crippen molar-refractivity contribution < 1.29 is 23.1 Å². The van der Waals surface area contributed by atoms with Gasteiger partial charge in [-0.05, 0) is 49.7 Å². The number of hydrogen-bond acceptors (Lipinski definition) is 4. The summed E-state index contributed by atoms with van der Waals surface area (Å²) in [5.41, 5.74) is 1.87. The normalized spacial score (nSPS) is 10.8. The highest BCUT2D eigenvalue weighted by Gasteiger charge is 2.19. The Morgan fingerprint density at radius 1 is 1.17 bits per heavy atom. The average Bonchev–Trinajstić information content (AvgIpc) is 2.89. The van der Waals surface area contributed by atoms with Crippen molar-refractivity contribution in [3.05, 3.63) is 65.2 Å². The molecule has 24 heavy (non-hydrogen) atoms. The number of fused-ring (bicyclic) bond motifs is 1. The summed E-state index contributed by atoms with van der Waals surface area (Å²) in [5, 5.41) is 0.655. The highest BCUT2D eigenvalue weighted by Crippen LogP contribution is 2.30. The number of aryl methyl sites for hydroxylation is 1. The molecule has 0 saturated carbocycles. The lowest BCUT2D eigenvalue weighted by Crippen LogP contribution is -2.05. The molecule has 0 unspecified atom stereocenters. The molecule has 0 fully saturated rings. The van der Waals surface area contributed by atoms with Gasteiger partial charge in [-0.2, -0.15) is 0 Å². The van der Waals surface area contributed by atoms with Crippen molar-refractivity contribution in [1.29, 1.82) is 0 Å². The SMILES string of the molecule is CCOC(=O)c1c(C)oc2ccc(OCc3ccc(F)cc3)cc12. The van der Waals surface area contributed by atoms with Gasteiger partial charge >= 0.3 is 5.97 Å². The lowest BCUT2D eigenvalue weighted by Gasteiger charge is -2.07. The highest BCUT2D eigenvalue weighted by molar-refractivity contribution is 6.04. The first-order valence-corrected chi connectivity index (χ1v) is 7.66. The van der Waals surface area contributed by atoms with Crippen molar-refractivity contribution in [2.45, 2.75) is 20.5 Å². The first-order chi connectivity index (χ1) is 11.6. The number of benzene rings is 2. The van der Waals surface area contributed by atoms with Gasteiger partial charge in [0, 0.05) is 5.39 Å². The molecule has 3 rings (SSSR count). The fourth-order valence-corrected chi connectivity index (χ4v) is 2.49. The van der Waals surface area contributed by atoms with Gasteiger partial charge in [-0.1, -0.05) is 12.1 Å². The third-order valence-electron chi connectivity index (χ3n) is 3.63. The Morgan fingerprint density at radius 2 is 1.92 bits per heavy atom. The van der Waals surface area contributed by atoms with Crippen LogP contribution in [0, 0.1) is 12.7 Å². The van der Waals surface area contributed by atoms with Gasteiger partial charge in [0.15, 0.2) is 0 Å². The summed E-state index contributed by atoms with van der Waals surface area (Å²) in [6.45, 7) is 4.08. The zero-order chi connectivity index (χ0) is 17.1. The molecule has 1 aromatic heterocycles. The summed E-state index contributed by atoms with van der Waals surface area (Å²) in [7, 11) is 0. The molecule has 0 atom stereocenters. The third kappa shape index (κ3) is 3.25. The molecular formula is C19H17FO4. The van der Waals surface area contributed by atoms with Crippen LogP contribution < -0.4 is 4.74 Å². The number of carbonyl (C=O) groups excluding carboxylic acids is 1. The second-order valence-electron chi connectivity index (χ2n) is 5.33. The molecule has 0 spiro atoms. The molecule has 0 aliphatic rings. The maximum atomic E-state index is 12.9. The van der Waals surface area contributed by atoms with Crippen LogP contribution in [-0.2, 0) is 11.3 Å². The van der Waals surface area contributed by atoms with Crippen LogP contribution in [0.1, 0.15) is 28.6 Å². The molecule has 0 bridgehead atoms. The van der Waals surface area contributed by atoms with E-state index in [2.05, 4.69) is 0 Å². The largest absolute Gasteiger partial charge is 0.489 e.